The third kappa shape index (κ3) is 8.72. The molecule has 0 aliphatic carbocycles. The predicted octanol–water partition coefficient (Wildman–Crippen LogP) is 7.50. The highest BCUT2D eigenvalue weighted by atomic mass is 32.2. The summed E-state index contributed by atoms with van der Waals surface area (Å²) in [5.41, 5.74) is 4.58. The largest absolute Gasteiger partial charge is 0.495 e. The first-order chi connectivity index (χ1) is 22.0. The van der Waals surface area contributed by atoms with Crippen molar-refractivity contribution in [3.63, 3.8) is 0 Å². The molecular formula is C37H31N3O4S. The minimum absolute atomic E-state index is 0.0998. The van der Waals surface area contributed by atoms with E-state index in [2.05, 4.69) is 16.0 Å². The number of ether oxygens (including phenoxy) is 1. The van der Waals surface area contributed by atoms with Crippen LogP contribution in [0.3, 0.4) is 0 Å². The molecule has 3 amide bonds. The molecule has 0 fully saturated rings. The Morgan fingerprint density at radius 3 is 2.00 bits per heavy atom. The van der Waals surface area contributed by atoms with E-state index in [4.69, 9.17) is 4.74 Å². The number of benzene rings is 5. The normalized spacial score (nSPS) is 10.9. The lowest BCUT2D eigenvalue weighted by molar-refractivity contribution is -0.114. The van der Waals surface area contributed by atoms with Gasteiger partial charge in [0.25, 0.3) is 11.8 Å². The topological polar surface area (TPSA) is 96.5 Å². The number of nitrogens with one attached hydrogen (secondary N) is 3. The second-order valence-corrected chi connectivity index (χ2v) is 10.9. The van der Waals surface area contributed by atoms with Gasteiger partial charge in [0.2, 0.25) is 5.91 Å². The highest BCUT2D eigenvalue weighted by Crippen LogP contribution is 2.25. The third-order valence-electron chi connectivity index (χ3n) is 6.72. The molecule has 5 aromatic rings. The summed E-state index contributed by atoms with van der Waals surface area (Å²) in [6.07, 6.45) is 1.65. The summed E-state index contributed by atoms with van der Waals surface area (Å²) in [5.74, 6) is -0.235. The molecule has 0 saturated heterocycles. The molecule has 0 aliphatic rings. The molecule has 3 N–H and O–H groups in total. The van der Waals surface area contributed by atoms with E-state index in [1.54, 1.807) is 61.7 Å². The molecule has 0 spiro atoms. The molecule has 0 atom stereocenters. The van der Waals surface area contributed by atoms with Crippen molar-refractivity contribution in [3.05, 3.63) is 150 Å². The fraction of sp³-hybridized carbons (Fsp3) is 0.0541. The lowest BCUT2D eigenvalue weighted by atomic mass is 10.0. The highest BCUT2D eigenvalue weighted by molar-refractivity contribution is 8.00. The van der Waals surface area contributed by atoms with Gasteiger partial charge in [0, 0.05) is 16.1 Å². The number of hydrogen-bond acceptors (Lipinski definition) is 5. The average molecular weight is 614 g/mol. The van der Waals surface area contributed by atoms with E-state index in [1.807, 2.05) is 84.9 Å². The summed E-state index contributed by atoms with van der Waals surface area (Å²) >= 11 is 1.37. The van der Waals surface area contributed by atoms with Gasteiger partial charge in [-0.3, -0.25) is 14.4 Å². The van der Waals surface area contributed by atoms with Crippen LogP contribution in [0.1, 0.15) is 15.9 Å². The van der Waals surface area contributed by atoms with Crippen molar-refractivity contribution < 1.29 is 19.1 Å². The molecule has 45 heavy (non-hydrogen) atoms. The Morgan fingerprint density at radius 2 is 1.31 bits per heavy atom. The van der Waals surface area contributed by atoms with E-state index in [9.17, 15) is 14.4 Å². The van der Waals surface area contributed by atoms with Crippen LogP contribution >= 0.6 is 11.8 Å². The summed E-state index contributed by atoms with van der Waals surface area (Å²) in [6.45, 7) is 0. The molecule has 0 saturated carbocycles. The number of amides is 3. The Bertz CT molecular complexity index is 1790. The van der Waals surface area contributed by atoms with Crippen molar-refractivity contribution in [1.82, 2.24) is 5.32 Å². The summed E-state index contributed by atoms with van der Waals surface area (Å²) in [7, 11) is 1.55. The van der Waals surface area contributed by atoms with E-state index >= 15 is 0 Å². The second kappa shape index (κ2) is 15.2. The highest BCUT2D eigenvalue weighted by Gasteiger charge is 2.15. The monoisotopic (exact) mass is 613 g/mol. The van der Waals surface area contributed by atoms with Crippen molar-refractivity contribution in [2.24, 2.45) is 0 Å². The van der Waals surface area contributed by atoms with Crippen LogP contribution in [0, 0.1) is 0 Å². The Hall–Kier alpha value is -5.60. The number of carbonyl (C=O) groups is 3. The molecule has 224 valence electrons. The molecule has 7 nitrogen and oxygen atoms in total. The Morgan fingerprint density at radius 1 is 0.689 bits per heavy atom. The lowest BCUT2D eigenvalue weighted by Crippen LogP contribution is -2.30. The first-order valence-electron chi connectivity index (χ1n) is 14.2. The van der Waals surface area contributed by atoms with Crippen LogP contribution in [0.5, 0.6) is 5.75 Å². The van der Waals surface area contributed by atoms with Crippen molar-refractivity contribution in [2.75, 3.05) is 23.5 Å². The van der Waals surface area contributed by atoms with Crippen LogP contribution in [0.25, 0.3) is 17.2 Å². The van der Waals surface area contributed by atoms with Crippen LogP contribution in [-0.4, -0.2) is 30.6 Å². The molecule has 8 heteroatoms. The number of thioether (sulfide) groups is 1. The zero-order valence-electron chi connectivity index (χ0n) is 24.5. The van der Waals surface area contributed by atoms with Crippen molar-refractivity contribution in [3.8, 4) is 16.9 Å². The Labute approximate surface area is 266 Å². The van der Waals surface area contributed by atoms with E-state index in [-0.39, 0.29) is 17.4 Å². The standard InChI is InChI=1S/C37H31N3O4S/c1-44-34-15-9-8-14-32(34)39-35(41)25-45-31-22-20-30(21-23-31)38-37(43)33(40-36(42)29-12-6-3-7-13-29)24-26-16-18-28(19-17-26)27-10-4-2-5-11-27/h2-24H,25H2,1H3,(H,38,43)(H,39,41)(H,40,42)/b33-24-. The maximum atomic E-state index is 13.4. The lowest BCUT2D eigenvalue weighted by Gasteiger charge is -2.12. The van der Waals surface area contributed by atoms with E-state index < -0.39 is 11.8 Å². The Balaban J connectivity index is 1.26. The van der Waals surface area contributed by atoms with Gasteiger partial charge in [-0.05, 0) is 71.3 Å². The summed E-state index contributed by atoms with van der Waals surface area (Å²) < 4.78 is 5.29. The fourth-order valence-corrected chi connectivity index (χ4v) is 5.13. The maximum Gasteiger partial charge on any atom is 0.272 e. The van der Waals surface area contributed by atoms with Crippen LogP contribution in [0.4, 0.5) is 11.4 Å². The van der Waals surface area contributed by atoms with Crippen molar-refractivity contribution in [1.29, 1.82) is 0 Å². The smallest absolute Gasteiger partial charge is 0.272 e. The number of anilines is 2. The fourth-order valence-electron chi connectivity index (χ4n) is 4.43. The number of methoxy groups -OCH3 is 1. The summed E-state index contributed by atoms with van der Waals surface area (Å²) in [4.78, 5) is 39.8. The van der Waals surface area contributed by atoms with Crippen molar-refractivity contribution in [2.45, 2.75) is 4.90 Å². The average Bonchev–Trinajstić information content (AvgIpc) is 3.09. The van der Waals surface area contributed by atoms with Gasteiger partial charge in [0.1, 0.15) is 11.4 Å². The molecule has 0 unspecified atom stereocenters. The molecule has 0 radical (unpaired) electrons. The second-order valence-electron chi connectivity index (χ2n) is 9.88. The quantitative estimate of drug-likeness (QED) is 0.106. The number of para-hydroxylation sites is 2. The van der Waals surface area contributed by atoms with Crippen LogP contribution in [-0.2, 0) is 9.59 Å². The van der Waals surface area contributed by atoms with Crippen LogP contribution < -0.4 is 20.7 Å². The maximum absolute atomic E-state index is 13.4. The van der Waals surface area contributed by atoms with Crippen LogP contribution in [0.2, 0.25) is 0 Å². The van der Waals surface area contributed by atoms with Crippen LogP contribution in [0.15, 0.2) is 144 Å². The van der Waals surface area contributed by atoms with Gasteiger partial charge >= 0.3 is 0 Å². The molecule has 0 heterocycles. The third-order valence-corrected chi connectivity index (χ3v) is 7.73. The minimum Gasteiger partial charge on any atom is -0.495 e. The van der Waals surface area contributed by atoms with Crippen molar-refractivity contribution >= 4 is 46.9 Å². The van der Waals surface area contributed by atoms with E-state index in [1.165, 1.54) is 11.8 Å². The number of hydrogen-bond donors (Lipinski definition) is 3. The number of carbonyl (C=O) groups excluding carboxylic acids is 3. The molecular weight excluding hydrogens is 582 g/mol. The summed E-state index contributed by atoms with van der Waals surface area (Å²) in [6, 6.07) is 40.9. The van der Waals surface area contributed by atoms with Gasteiger partial charge in [-0.15, -0.1) is 11.8 Å². The first-order valence-corrected chi connectivity index (χ1v) is 15.2. The predicted molar refractivity (Wildman–Crippen MR) is 181 cm³/mol. The van der Waals surface area contributed by atoms with Gasteiger partial charge in [0.05, 0.1) is 18.6 Å². The van der Waals surface area contributed by atoms with Gasteiger partial charge in [-0.2, -0.15) is 0 Å². The molecule has 5 aromatic carbocycles. The summed E-state index contributed by atoms with van der Waals surface area (Å²) in [5, 5.41) is 8.50. The molecule has 0 aromatic heterocycles. The molecule has 0 bridgehead atoms. The van der Waals surface area contributed by atoms with Gasteiger partial charge in [0.15, 0.2) is 0 Å². The van der Waals surface area contributed by atoms with E-state index in [0.717, 1.165) is 21.6 Å². The van der Waals surface area contributed by atoms with E-state index in [0.29, 0.717) is 22.7 Å². The van der Waals surface area contributed by atoms with Gasteiger partial charge in [-0.25, -0.2) is 0 Å². The van der Waals surface area contributed by atoms with Gasteiger partial charge in [-0.1, -0.05) is 84.9 Å². The first kappa shape index (κ1) is 30.8. The number of rotatable bonds is 11. The SMILES string of the molecule is COc1ccccc1NC(=O)CSc1ccc(NC(=O)/C(=C/c2ccc(-c3ccccc3)cc2)NC(=O)c2ccccc2)cc1. The molecule has 0 aliphatic heterocycles. The zero-order valence-corrected chi connectivity index (χ0v) is 25.3. The van der Waals surface area contributed by atoms with Gasteiger partial charge < -0.3 is 20.7 Å². The molecule has 5 rings (SSSR count). The Kier molecular flexibility index (Phi) is 10.4. The minimum atomic E-state index is -0.469. The zero-order chi connectivity index (χ0) is 31.4.